The minimum absolute atomic E-state index is 0.0918. The second-order valence-corrected chi connectivity index (χ2v) is 11.8. The highest BCUT2D eigenvalue weighted by Crippen LogP contribution is 2.25. The van der Waals surface area contributed by atoms with Crippen LogP contribution in [0, 0.1) is 12.8 Å². The van der Waals surface area contributed by atoms with Crippen LogP contribution < -0.4 is 4.80 Å². The largest absolute Gasteiger partial charge is 0.462 e. The van der Waals surface area contributed by atoms with Crippen molar-refractivity contribution in [2.24, 2.45) is 10.9 Å². The van der Waals surface area contributed by atoms with Crippen molar-refractivity contribution in [3.8, 4) is 0 Å². The molecule has 1 aliphatic heterocycles. The standard InChI is InChI=1S/C26H31N3O6S2/c1-4-35-25(31)19-9-12-22-23(16-19)36-26(29(22)14-15-34-3)27-24(30)20-6-5-13-28(17-20)37(32,33)21-10-7-18(2)8-11-21/h7-12,16,20H,4-6,13-15,17H2,1-3H3. The summed E-state index contributed by atoms with van der Waals surface area (Å²) in [4.78, 5) is 30.6. The molecule has 1 atom stereocenters. The van der Waals surface area contributed by atoms with E-state index in [1.165, 1.54) is 15.6 Å². The zero-order valence-electron chi connectivity index (χ0n) is 21.2. The number of fused-ring (bicyclic) bond motifs is 1. The fourth-order valence-electron chi connectivity index (χ4n) is 4.31. The van der Waals surface area contributed by atoms with E-state index in [2.05, 4.69) is 4.99 Å². The number of hydrogen-bond acceptors (Lipinski definition) is 7. The number of benzene rings is 2. The number of amides is 1. The summed E-state index contributed by atoms with van der Waals surface area (Å²) in [5.74, 6) is -1.30. The highest BCUT2D eigenvalue weighted by atomic mass is 32.2. The van der Waals surface area contributed by atoms with Crippen LogP contribution in [0.3, 0.4) is 0 Å². The SMILES string of the molecule is CCOC(=O)c1ccc2c(c1)sc(=NC(=O)C1CCCN(S(=O)(=O)c3ccc(C)cc3)C1)n2CCOC. The molecule has 4 rings (SSSR count). The lowest BCUT2D eigenvalue weighted by atomic mass is 9.99. The molecule has 11 heteroatoms. The lowest BCUT2D eigenvalue weighted by molar-refractivity contribution is -0.122. The van der Waals surface area contributed by atoms with E-state index < -0.39 is 21.9 Å². The summed E-state index contributed by atoms with van der Waals surface area (Å²) < 4.78 is 40.8. The first kappa shape index (κ1) is 27.2. The summed E-state index contributed by atoms with van der Waals surface area (Å²) in [5.41, 5.74) is 2.23. The number of carbonyl (C=O) groups is 2. The average Bonchev–Trinajstić information content (AvgIpc) is 3.23. The van der Waals surface area contributed by atoms with Crippen molar-refractivity contribution in [1.82, 2.24) is 8.87 Å². The molecule has 0 saturated carbocycles. The number of aryl methyl sites for hydroxylation is 1. The van der Waals surface area contributed by atoms with E-state index >= 15 is 0 Å². The monoisotopic (exact) mass is 545 g/mol. The minimum atomic E-state index is -3.70. The van der Waals surface area contributed by atoms with Crippen molar-refractivity contribution in [2.75, 3.05) is 33.4 Å². The second kappa shape index (κ2) is 11.7. The fourth-order valence-corrected chi connectivity index (χ4v) is 6.93. The molecule has 2 heterocycles. The highest BCUT2D eigenvalue weighted by molar-refractivity contribution is 7.89. The van der Waals surface area contributed by atoms with E-state index in [1.54, 1.807) is 50.4 Å². The molecular weight excluding hydrogens is 514 g/mol. The molecule has 1 aromatic heterocycles. The third kappa shape index (κ3) is 6.01. The van der Waals surface area contributed by atoms with Crippen molar-refractivity contribution < 1.29 is 27.5 Å². The van der Waals surface area contributed by atoms with Crippen LogP contribution in [0.4, 0.5) is 0 Å². The van der Waals surface area contributed by atoms with Gasteiger partial charge >= 0.3 is 5.97 Å². The van der Waals surface area contributed by atoms with Gasteiger partial charge in [0.05, 0.1) is 39.8 Å². The zero-order valence-corrected chi connectivity index (χ0v) is 22.8. The zero-order chi connectivity index (χ0) is 26.6. The van der Waals surface area contributed by atoms with Gasteiger partial charge in [0.1, 0.15) is 0 Å². The Morgan fingerprint density at radius 1 is 1.16 bits per heavy atom. The van der Waals surface area contributed by atoms with Crippen LogP contribution in [0.25, 0.3) is 10.2 Å². The first-order chi connectivity index (χ1) is 17.7. The Bertz CT molecular complexity index is 1460. The number of rotatable bonds is 8. The van der Waals surface area contributed by atoms with E-state index in [-0.39, 0.29) is 24.0 Å². The molecule has 2 aromatic carbocycles. The van der Waals surface area contributed by atoms with Crippen LogP contribution in [0.5, 0.6) is 0 Å². The topological polar surface area (TPSA) is 107 Å². The molecule has 3 aromatic rings. The number of hydrogen-bond donors (Lipinski definition) is 0. The Kier molecular flexibility index (Phi) is 8.58. The number of sulfonamides is 1. The molecule has 1 saturated heterocycles. The van der Waals surface area contributed by atoms with Gasteiger partial charge in [-0.15, -0.1) is 0 Å². The normalized spacial score (nSPS) is 17.3. The van der Waals surface area contributed by atoms with E-state index in [9.17, 15) is 18.0 Å². The summed E-state index contributed by atoms with van der Waals surface area (Å²) in [5, 5.41) is 0. The third-order valence-corrected chi connectivity index (χ3v) is 9.23. The smallest absolute Gasteiger partial charge is 0.338 e. The summed E-state index contributed by atoms with van der Waals surface area (Å²) in [6.45, 7) is 5.28. The van der Waals surface area contributed by atoms with Crippen molar-refractivity contribution >= 4 is 43.5 Å². The molecule has 198 valence electrons. The van der Waals surface area contributed by atoms with Crippen LogP contribution in [0.1, 0.15) is 35.7 Å². The summed E-state index contributed by atoms with van der Waals surface area (Å²) in [6.07, 6.45) is 1.15. The lowest BCUT2D eigenvalue weighted by Crippen LogP contribution is -2.42. The van der Waals surface area contributed by atoms with Gasteiger partial charge in [0.2, 0.25) is 10.0 Å². The average molecular weight is 546 g/mol. The van der Waals surface area contributed by atoms with Gasteiger partial charge in [-0.2, -0.15) is 9.30 Å². The maximum absolute atomic E-state index is 13.3. The molecule has 0 radical (unpaired) electrons. The van der Waals surface area contributed by atoms with Crippen molar-refractivity contribution in [2.45, 2.75) is 38.1 Å². The van der Waals surface area contributed by atoms with E-state index in [1.807, 2.05) is 17.6 Å². The van der Waals surface area contributed by atoms with Gasteiger partial charge in [-0.1, -0.05) is 29.0 Å². The number of thiazole rings is 1. The molecule has 1 fully saturated rings. The maximum Gasteiger partial charge on any atom is 0.338 e. The molecule has 1 unspecified atom stereocenters. The Balaban J connectivity index is 1.63. The van der Waals surface area contributed by atoms with Crippen LogP contribution in [0.15, 0.2) is 52.4 Å². The van der Waals surface area contributed by atoms with Gasteiger partial charge in [0, 0.05) is 26.7 Å². The number of ether oxygens (including phenoxy) is 2. The number of esters is 1. The molecule has 0 N–H and O–H groups in total. The maximum atomic E-state index is 13.3. The predicted molar refractivity (Wildman–Crippen MR) is 141 cm³/mol. The second-order valence-electron chi connectivity index (χ2n) is 8.90. The molecule has 0 bridgehead atoms. The van der Waals surface area contributed by atoms with Crippen molar-refractivity contribution in [3.05, 3.63) is 58.4 Å². The molecule has 1 aliphatic rings. The number of piperidine rings is 1. The molecule has 37 heavy (non-hydrogen) atoms. The van der Waals surface area contributed by atoms with Crippen LogP contribution in [0.2, 0.25) is 0 Å². The van der Waals surface area contributed by atoms with E-state index in [4.69, 9.17) is 9.47 Å². The first-order valence-electron chi connectivity index (χ1n) is 12.2. The highest BCUT2D eigenvalue weighted by Gasteiger charge is 2.33. The Labute approximate surface area is 220 Å². The fraction of sp³-hybridized carbons (Fsp3) is 0.423. The summed E-state index contributed by atoms with van der Waals surface area (Å²) >= 11 is 1.30. The first-order valence-corrected chi connectivity index (χ1v) is 14.4. The van der Waals surface area contributed by atoms with Crippen molar-refractivity contribution in [3.63, 3.8) is 0 Å². The molecule has 9 nitrogen and oxygen atoms in total. The number of nitrogens with zero attached hydrogens (tertiary/aromatic N) is 3. The van der Waals surface area contributed by atoms with E-state index in [0.29, 0.717) is 42.9 Å². The van der Waals surface area contributed by atoms with Gasteiger partial charge in [0.15, 0.2) is 4.80 Å². The van der Waals surface area contributed by atoms with Crippen LogP contribution in [-0.2, 0) is 30.8 Å². The van der Waals surface area contributed by atoms with Gasteiger partial charge in [-0.05, 0) is 57.0 Å². The molecular formula is C26H31N3O6S2. The lowest BCUT2D eigenvalue weighted by Gasteiger charge is -2.30. The van der Waals surface area contributed by atoms with Crippen LogP contribution in [-0.4, -0.2) is 62.6 Å². The summed E-state index contributed by atoms with van der Waals surface area (Å²) in [7, 11) is -2.10. The van der Waals surface area contributed by atoms with Gasteiger partial charge in [0.25, 0.3) is 5.91 Å². The number of carbonyl (C=O) groups excluding carboxylic acids is 2. The Morgan fingerprint density at radius 2 is 1.92 bits per heavy atom. The molecule has 0 spiro atoms. The third-order valence-electron chi connectivity index (χ3n) is 6.31. The number of methoxy groups -OCH3 is 1. The van der Waals surface area contributed by atoms with Crippen molar-refractivity contribution in [1.29, 1.82) is 0 Å². The van der Waals surface area contributed by atoms with Gasteiger partial charge < -0.3 is 14.0 Å². The minimum Gasteiger partial charge on any atom is -0.462 e. The molecule has 1 amide bonds. The Hall–Kier alpha value is -2.86. The van der Waals surface area contributed by atoms with Gasteiger partial charge in [-0.3, -0.25) is 4.79 Å². The Morgan fingerprint density at radius 3 is 2.62 bits per heavy atom. The molecule has 0 aliphatic carbocycles. The van der Waals surface area contributed by atoms with Crippen LogP contribution >= 0.6 is 11.3 Å². The predicted octanol–water partition coefficient (Wildman–Crippen LogP) is 3.36. The van der Waals surface area contributed by atoms with E-state index in [0.717, 1.165) is 15.8 Å². The van der Waals surface area contributed by atoms with Gasteiger partial charge in [-0.25, -0.2) is 13.2 Å². The summed E-state index contributed by atoms with van der Waals surface area (Å²) in [6, 6.07) is 12.0. The quantitative estimate of drug-likeness (QED) is 0.402. The number of aromatic nitrogens is 1.